The standard InChI is InChI=1S/C18H15N3OS2/c1-22-14-7-8-15-16(9-14)21-18(20-15)24-11-13-10-23-17(19-13)12-5-3-2-4-6-12/h2-10H,11H2,1H3,(H,20,21). The van der Waals surface area contributed by atoms with E-state index in [2.05, 4.69) is 27.5 Å². The van der Waals surface area contributed by atoms with Gasteiger partial charge in [-0.3, -0.25) is 0 Å². The van der Waals surface area contributed by atoms with E-state index < -0.39 is 0 Å². The zero-order valence-electron chi connectivity index (χ0n) is 13.0. The monoisotopic (exact) mass is 353 g/mol. The molecule has 0 bridgehead atoms. The molecule has 0 aliphatic heterocycles. The summed E-state index contributed by atoms with van der Waals surface area (Å²) >= 11 is 3.33. The van der Waals surface area contributed by atoms with Crippen LogP contribution < -0.4 is 4.74 Å². The van der Waals surface area contributed by atoms with Gasteiger partial charge in [-0.1, -0.05) is 42.1 Å². The van der Waals surface area contributed by atoms with E-state index in [1.807, 2.05) is 36.4 Å². The SMILES string of the molecule is COc1ccc2nc(SCc3csc(-c4ccccc4)n3)[nH]c2c1. The van der Waals surface area contributed by atoms with Crippen molar-refractivity contribution < 1.29 is 4.74 Å². The highest BCUT2D eigenvalue weighted by atomic mass is 32.2. The Morgan fingerprint density at radius 1 is 1.12 bits per heavy atom. The lowest BCUT2D eigenvalue weighted by molar-refractivity contribution is 0.415. The van der Waals surface area contributed by atoms with Crippen LogP contribution in [0.25, 0.3) is 21.6 Å². The molecule has 4 nitrogen and oxygen atoms in total. The van der Waals surface area contributed by atoms with Crippen molar-refractivity contribution in [2.75, 3.05) is 7.11 Å². The predicted molar refractivity (Wildman–Crippen MR) is 99.8 cm³/mol. The summed E-state index contributed by atoms with van der Waals surface area (Å²) in [7, 11) is 1.67. The molecule has 24 heavy (non-hydrogen) atoms. The molecule has 0 atom stereocenters. The quantitative estimate of drug-likeness (QED) is 0.514. The minimum atomic E-state index is 0.792. The van der Waals surface area contributed by atoms with Gasteiger partial charge < -0.3 is 9.72 Å². The number of ether oxygens (including phenoxy) is 1. The highest BCUT2D eigenvalue weighted by Crippen LogP contribution is 2.28. The largest absolute Gasteiger partial charge is 0.497 e. The van der Waals surface area contributed by atoms with E-state index in [0.717, 1.165) is 44.0 Å². The third kappa shape index (κ3) is 3.16. The van der Waals surface area contributed by atoms with Gasteiger partial charge in [-0.15, -0.1) is 11.3 Å². The first kappa shape index (κ1) is 15.2. The summed E-state index contributed by atoms with van der Waals surface area (Å²) in [6.07, 6.45) is 0. The van der Waals surface area contributed by atoms with Gasteiger partial charge >= 0.3 is 0 Å². The number of rotatable bonds is 5. The molecule has 0 saturated carbocycles. The smallest absolute Gasteiger partial charge is 0.166 e. The Bertz CT molecular complexity index is 963. The number of imidazole rings is 1. The number of hydrogen-bond acceptors (Lipinski definition) is 5. The molecule has 4 rings (SSSR count). The summed E-state index contributed by atoms with van der Waals surface area (Å²) in [5.74, 6) is 1.62. The van der Waals surface area contributed by atoms with Crippen LogP contribution in [-0.4, -0.2) is 22.1 Å². The maximum Gasteiger partial charge on any atom is 0.166 e. The van der Waals surface area contributed by atoms with Crippen LogP contribution in [0.4, 0.5) is 0 Å². The van der Waals surface area contributed by atoms with E-state index in [1.54, 1.807) is 30.2 Å². The molecule has 0 fully saturated rings. The maximum absolute atomic E-state index is 5.24. The third-order valence-corrected chi connectivity index (χ3v) is 5.44. The van der Waals surface area contributed by atoms with Crippen LogP contribution in [0.3, 0.4) is 0 Å². The molecule has 2 aromatic heterocycles. The van der Waals surface area contributed by atoms with E-state index in [4.69, 9.17) is 9.72 Å². The number of aromatic nitrogens is 3. The molecule has 0 amide bonds. The first-order valence-electron chi connectivity index (χ1n) is 7.48. The number of nitrogens with one attached hydrogen (secondary N) is 1. The second kappa shape index (κ2) is 6.67. The molecular formula is C18H15N3OS2. The molecule has 0 aliphatic rings. The summed E-state index contributed by atoms with van der Waals surface area (Å²) < 4.78 is 5.24. The van der Waals surface area contributed by atoms with Crippen LogP contribution in [0.2, 0.25) is 0 Å². The number of H-pyrrole nitrogens is 1. The Hall–Kier alpha value is -2.31. The van der Waals surface area contributed by atoms with E-state index in [-0.39, 0.29) is 0 Å². The van der Waals surface area contributed by atoms with E-state index >= 15 is 0 Å². The molecule has 0 radical (unpaired) electrons. The second-order valence-electron chi connectivity index (χ2n) is 5.22. The summed E-state index contributed by atoms with van der Waals surface area (Å²) in [5.41, 5.74) is 4.16. The van der Waals surface area contributed by atoms with Gasteiger partial charge in [0.25, 0.3) is 0 Å². The summed E-state index contributed by atoms with van der Waals surface area (Å²) in [5, 5.41) is 4.06. The minimum Gasteiger partial charge on any atom is -0.497 e. The number of thioether (sulfide) groups is 1. The first-order chi connectivity index (χ1) is 11.8. The van der Waals surface area contributed by atoms with Gasteiger partial charge in [0.2, 0.25) is 0 Å². The molecule has 2 aromatic carbocycles. The summed E-state index contributed by atoms with van der Waals surface area (Å²) in [4.78, 5) is 12.6. The van der Waals surface area contributed by atoms with Crippen molar-refractivity contribution in [3.63, 3.8) is 0 Å². The van der Waals surface area contributed by atoms with Crippen molar-refractivity contribution >= 4 is 34.1 Å². The van der Waals surface area contributed by atoms with Crippen molar-refractivity contribution in [2.45, 2.75) is 10.9 Å². The zero-order valence-corrected chi connectivity index (χ0v) is 14.7. The Labute approximate surface area is 147 Å². The van der Waals surface area contributed by atoms with Gasteiger partial charge in [-0.05, 0) is 12.1 Å². The molecule has 120 valence electrons. The Kier molecular flexibility index (Phi) is 4.23. The van der Waals surface area contributed by atoms with Crippen LogP contribution in [0, 0.1) is 0 Å². The molecular weight excluding hydrogens is 338 g/mol. The Morgan fingerprint density at radius 2 is 2.00 bits per heavy atom. The van der Waals surface area contributed by atoms with Crippen molar-refractivity contribution in [1.29, 1.82) is 0 Å². The van der Waals surface area contributed by atoms with Gasteiger partial charge in [0.1, 0.15) is 10.8 Å². The Balaban J connectivity index is 1.48. The summed E-state index contributed by atoms with van der Waals surface area (Å²) in [6, 6.07) is 16.1. The van der Waals surface area contributed by atoms with E-state index in [9.17, 15) is 0 Å². The maximum atomic E-state index is 5.24. The average molecular weight is 353 g/mol. The van der Waals surface area contributed by atoms with Gasteiger partial charge in [0.15, 0.2) is 5.16 Å². The number of fused-ring (bicyclic) bond motifs is 1. The molecule has 1 N–H and O–H groups in total. The molecule has 0 saturated heterocycles. The van der Waals surface area contributed by atoms with Gasteiger partial charge in [0.05, 0.1) is 23.8 Å². The van der Waals surface area contributed by atoms with Crippen LogP contribution in [-0.2, 0) is 5.75 Å². The number of thiazole rings is 1. The van der Waals surface area contributed by atoms with E-state index in [0.29, 0.717) is 0 Å². The zero-order chi connectivity index (χ0) is 16.4. The van der Waals surface area contributed by atoms with Crippen LogP contribution in [0.15, 0.2) is 59.1 Å². The lowest BCUT2D eigenvalue weighted by atomic mass is 10.2. The first-order valence-corrected chi connectivity index (χ1v) is 9.35. The van der Waals surface area contributed by atoms with Crippen LogP contribution >= 0.6 is 23.1 Å². The average Bonchev–Trinajstić information content (AvgIpc) is 3.26. The van der Waals surface area contributed by atoms with Gasteiger partial charge in [-0.2, -0.15) is 0 Å². The van der Waals surface area contributed by atoms with Crippen molar-refractivity contribution in [2.24, 2.45) is 0 Å². The van der Waals surface area contributed by atoms with Gasteiger partial charge in [-0.25, -0.2) is 9.97 Å². The highest BCUT2D eigenvalue weighted by Gasteiger charge is 2.08. The van der Waals surface area contributed by atoms with Crippen molar-refractivity contribution in [3.8, 4) is 16.3 Å². The normalized spacial score (nSPS) is 11.0. The lowest BCUT2D eigenvalue weighted by Gasteiger charge is -1.96. The molecule has 6 heteroatoms. The summed E-state index contributed by atoms with van der Waals surface area (Å²) in [6.45, 7) is 0. The molecule has 4 aromatic rings. The topological polar surface area (TPSA) is 50.8 Å². The number of nitrogens with zero attached hydrogens (tertiary/aromatic N) is 2. The number of methoxy groups -OCH3 is 1. The van der Waals surface area contributed by atoms with Crippen molar-refractivity contribution in [3.05, 3.63) is 59.6 Å². The number of aromatic amines is 1. The minimum absolute atomic E-state index is 0.792. The molecule has 2 heterocycles. The third-order valence-electron chi connectivity index (χ3n) is 3.60. The van der Waals surface area contributed by atoms with Crippen molar-refractivity contribution in [1.82, 2.24) is 15.0 Å². The highest BCUT2D eigenvalue weighted by molar-refractivity contribution is 7.98. The number of benzene rings is 2. The second-order valence-corrected chi connectivity index (χ2v) is 7.05. The van der Waals surface area contributed by atoms with Crippen LogP contribution in [0.5, 0.6) is 5.75 Å². The van der Waals surface area contributed by atoms with E-state index in [1.165, 1.54) is 0 Å². The fraction of sp³-hybridized carbons (Fsp3) is 0.111. The fourth-order valence-corrected chi connectivity index (χ4v) is 4.10. The number of hydrogen-bond donors (Lipinski definition) is 1. The molecule has 0 unspecified atom stereocenters. The Morgan fingerprint density at radius 3 is 2.83 bits per heavy atom. The predicted octanol–water partition coefficient (Wildman–Crippen LogP) is 4.99. The fourth-order valence-electron chi connectivity index (χ4n) is 2.39. The lowest BCUT2D eigenvalue weighted by Crippen LogP contribution is -1.83. The molecule has 0 spiro atoms. The van der Waals surface area contributed by atoms with Crippen LogP contribution in [0.1, 0.15) is 5.69 Å². The molecule has 0 aliphatic carbocycles. The van der Waals surface area contributed by atoms with Gasteiger partial charge in [0, 0.05) is 22.8 Å².